The summed E-state index contributed by atoms with van der Waals surface area (Å²) in [5.41, 5.74) is -0.646. The zero-order chi connectivity index (χ0) is 17.2. The molecule has 0 fully saturated rings. The van der Waals surface area contributed by atoms with E-state index in [-0.39, 0.29) is 23.6 Å². The van der Waals surface area contributed by atoms with Gasteiger partial charge in [0.2, 0.25) is 5.91 Å². The lowest BCUT2D eigenvalue weighted by Crippen LogP contribution is -2.46. The van der Waals surface area contributed by atoms with Crippen molar-refractivity contribution in [3.8, 4) is 0 Å². The lowest BCUT2D eigenvalue weighted by molar-refractivity contribution is -0.123. The second-order valence-corrected chi connectivity index (χ2v) is 6.64. The number of nitrogens with zero attached hydrogens (tertiary/aromatic N) is 2. The first-order chi connectivity index (χ1) is 10.7. The Kier molecular flexibility index (Phi) is 4.73. The molecule has 0 bridgehead atoms. The van der Waals surface area contributed by atoms with Crippen molar-refractivity contribution >= 4 is 16.8 Å². The van der Waals surface area contributed by atoms with E-state index in [0.717, 1.165) is 0 Å². The zero-order valence-electron chi connectivity index (χ0n) is 14.0. The molecule has 0 unspecified atom stereocenters. The van der Waals surface area contributed by atoms with Crippen LogP contribution in [0.3, 0.4) is 0 Å². The van der Waals surface area contributed by atoms with Crippen LogP contribution in [0.5, 0.6) is 0 Å². The summed E-state index contributed by atoms with van der Waals surface area (Å²) >= 11 is 0. The maximum atomic E-state index is 12.6. The fourth-order valence-corrected chi connectivity index (χ4v) is 2.55. The number of rotatable bonds is 4. The number of fused-ring (bicyclic) bond motifs is 1. The van der Waals surface area contributed by atoms with Gasteiger partial charge in [-0.05, 0) is 39.3 Å². The molecule has 0 aliphatic heterocycles. The molecule has 0 aliphatic rings. The van der Waals surface area contributed by atoms with E-state index in [1.165, 1.54) is 9.13 Å². The molecule has 1 aromatic carbocycles. The fourth-order valence-electron chi connectivity index (χ4n) is 2.55. The zero-order valence-corrected chi connectivity index (χ0v) is 14.0. The molecule has 0 atom stereocenters. The van der Waals surface area contributed by atoms with Crippen LogP contribution in [0.25, 0.3) is 10.9 Å². The van der Waals surface area contributed by atoms with Crippen molar-refractivity contribution in [3.63, 3.8) is 0 Å². The van der Waals surface area contributed by atoms with Crippen LogP contribution in [0, 0.1) is 0 Å². The lowest BCUT2D eigenvalue weighted by Gasteiger charge is -2.21. The van der Waals surface area contributed by atoms with E-state index < -0.39 is 5.69 Å². The largest absolute Gasteiger partial charge is 0.350 e. The Morgan fingerprint density at radius 3 is 2.39 bits per heavy atom. The molecule has 6 nitrogen and oxygen atoms in total. The molecule has 0 spiro atoms. The van der Waals surface area contributed by atoms with Gasteiger partial charge in [-0.25, -0.2) is 4.79 Å². The number of carbonyl (C=O) groups excluding carboxylic acids is 1. The Balaban J connectivity index is 2.60. The maximum absolute atomic E-state index is 12.6. The van der Waals surface area contributed by atoms with Crippen LogP contribution < -0.4 is 16.6 Å². The Bertz CT molecular complexity index is 841. The first kappa shape index (κ1) is 17.0. The molecule has 124 valence electrons. The molecule has 0 radical (unpaired) electrons. The number of hydrogen-bond acceptors (Lipinski definition) is 3. The quantitative estimate of drug-likeness (QED) is 0.928. The standard InChI is InChI=1S/C17H23N3O3/c1-5-10-19-15(22)12-8-6-7-9-13(12)20(16(19)23)11-14(21)18-17(2,3)4/h6-9H,5,10-11H2,1-4H3,(H,18,21). The van der Waals surface area contributed by atoms with Gasteiger partial charge in [-0.15, -0.1) is 0 Å². The normalized spacial score (nSPS) is 11.7. The summed E-state index contributed by atoms with van der Waals surface area (Å²) in [5.74, 6) is -0.258. The molecular weight excluding hydrogens is 294 g/mol. The van der Waals surface area contributed by atoms with Gasteiger partial charge in [-0.2, -0.15) is 0 Å². The van der Waals surface area contributed by atoms with Gasteiger partial charge in [-0.1, -0.05) is 19.1 Å². The Labute approximate surface area is 134 Å². The number of amides is 1. The summed E-state index contributed by atoms with van der Waals surface area (Å²) in [4.78, 5) is 37.3. The molecular formula is C17H23N3O3. The van der Waals surface area contributed by atoms with E-state index in [4.69, 9.17) is 0 Å². The lowest BCUT2D eigenvalue weighted by atomic mass is 10.1. The molecule has 0 aliphatic carbocycles. The number of benzene rings is 1. The summed E-state index contributed by atoms with van der Waals surface area (Å²) in [6.45, 7) is 7.76. The van der Waals surface area contributed by atoms with E-state index >= 15 is 0 Å². The van der Waals surface area contributed by atoms with E-state index in [9.17, 15) is 14.4 Å². The highest BCUT2D eigenvalue weighted by atomic mass is 16.2. The molecule has 2 aromatic rings. The number of aromatic nitrogens is 2. The Morgan fingerprint density at radius 1 is 1.13 bits per heavy atom. The summed E-state index contributed by atoms with van der Waals surface area (Å²) in [6, 6.07) is 6.88. The highest BCUT2D eigenvalue weighted by Crippen LogP contribution is 2.08. The Morgan fingerprint density at radius 2 is 1.78 bits per heavy atom. The van der Waals surface area contributed by atoms with Crippen LogP contribution in [0.2, 0.25) is 0 Å². The van der Waals surface area contributed by atoms with Crippen molar-refractivity contribution in [2.45, 2.75) is 52.7 Å². The number of hydrogen-bond donors (Lipinski definition) is 1. The predicted octanol–water partition coefficient (Wildman–Crippen LogP) is 1.49. The molecule has 1 heterocycles. The van der Waals surface area contributed by atoms with Crippen LogP contribution in [0.15, 0.2) is 33.9 Å². The topological polar surface area (TPSA) is 73.1 Å². The molecule has 1 aromatic heterocycles. The van der Waals surface area contributed by atoms with Crippen LogP contribution in [0.1, 0.15) is 34.1 Å². The number of carbonyl (C=O) groups is 1. The van der Waals surface area contributed by atoms with Crippen molar-refractivity contribution in [3.05, 3.63) is 45.1 Å². The first-order valence-corrected chi connectivity index (χ1v) is 7.78. The molecule has 1 N–H and O–H groups in total. The Hall–Kier alpha value is -2.37. The molecule has 0 saturated carbocycles. The van der Waals surface area contributed by atoms with Crippen molar-refractivity contribution in [1.82, 2.24) is 14.5 Å². The van der Waals surface area contributed by atoms with Crippen LogP contribution >= 0.6 is 0 Å². The molecule has 2 rings (SSSR count). The molecule has 23 heavy (non-hydrogen) atoms. The van der Waals surface area contributed by atoms with Gasteiger partial charge < -0.3 is 5.32 Å². The first-order valence-electron chi connectivity index (χ1n) is 7.78. The highest BCUT2D eigenvalue weighted by molar-refractivity contribution is 5.81. The van der Waals surface area contributed by atoms with Gasteiger partial charge in [0.15, 0.2) is 0 Å². The second kappa shape index (κ2) is 6.40. The third kappa shape index (κ3) is 3.70. The number of para-hydroxylation sites is 1. The minimum absolute atomic E-state index is 0.111. The van der Waals surface area contributed by atoms with Gasteiger partial charge in [-0.3, -0.25) is 18.7 Å². The predicted molar refractivity (Wildman–Crippen MR) is 90.7 cm³/mol. The van der Waals surface area contributed by atoms with Crippen LogP contribution in [0.4, 0.5) is 0 Å². The van der Waals surface area contributed by atoms with Crippen molar-refractivity contribution in [2.24, 2.45) is 0 Å². The van der Waals surface area contributed by atoms with E-state index in [1.807, 2.05) is 27.7 Å². The minimum atomic E-state index is -0.445. The van der Waals surface area contributed by atoms with Crippen LogP contribution in [-0.4, -0.2) is 20.6 Å². The third-order valence-electron chi connectivity index (χ3n) is 3.40. The smallest absolute Gasteiger partial charge is 0.331 e. The summed E-state index contributed by atoms with van der Waals surface area (Å²) in [5, 5.41) is 3.29. The van der Waals surface area contributed by atoms with Crippen LogP contribution in [-0.2, 0) is 17.9 Å². The minimum Gasteiger partial charge on any atom is -0.350 e. The molecule has 6 heteroatoms. The number of nitrogens with one attached hydrogen (secondary N) is 1. The highest BCUT2D eigenvalue weighted by Gasteiger charge is 2.18. The second-order valence-electron chi connectivity index (χ2n) is 6.64. The molecule has 1 amide bonds. The third-order valence-corrected chi connectivity index (χ3v) is 3.40. The monoisotopic (exact) mass is 317 g/mol. The SMILES string of the molecule is CCCn1c(=O)c2ccccc2n(CC(=O)NC(C)(C)C)c1=O. The summed E-state index contributed by atoms with van der Waals surface area (Å²) in [7, 11) is 0. The van der Waals surface area contributed by atoms with Gasteiger partial charge in [0, 0.05) is 12.1 Å². The van der Waals surface area contributed by atoms with Crippen molar-refractivity contribution in [2.75, 3.05) is 0 Å². The van der Waals surface area contributed by atoms with E-state index in [2.05, 4.69) is 5.32 Å². The van der Waals surface area contributed by atoms with Gasteiger partial charge in [0.25, 0.3) is 5.56 Å². The van der Waals surface area contributed by atoms with Crippen molar-refractivity contribution < 1.29 is 4.79 Å². The van der Waals surface area contributed by atoms with Gasteiger partial charge >= 0.3 is 5.69 Å². The summed E-state index contributed by atoms with van der Waals surface area (Å²) < 4.78 is 2.57. The summed E-state index contributed by atoms with van der Waals surface area (Å²) in [6.07, 6.45) is 0.668. The fraction of sp³-hybridized carbons (Fsp3) is 0.471. The van der Waals surface area contributed by atoms with Gasteiger partial charge in [0.1, 0.15) is 6.54 Å². The van der Waals surface area contributed by atoms with E-state index in [1.54, 1.807) is 24.3 Å². The van der Waals surface area contributed by atoms with E-state index in [0.29, 0.717) is 23.9 Å². The van der Waals surface area contributed by atoms with Crippen molar-refractivity contribution in [1.29, 1.82) is 0 Å². The molecule has 0 saturated heterocycles. The average molecular weight is 317 g/mol. The maximum Gasteiger partial charge on any atom is 0.331 e. The van der Waals surface area contributed by atoms with Gasteiger partial charge in [0.05, 0.1) is 10.9 Å². The average Bonchev–Trinajstić information content (AvgIpc) is 2.46.